The number of hydrogen-bond acceptors (Lipinski definition) is 2. The molecule has 0 aliphatic heterocycles. The van der Waals surface area contributed by atoms with Gasteiger partial charge in [-0.2, -0.15) is 0 Å². The van der Waals surface area contributed by atoms with E-state index in [-0.39, 0.29) is 12.0 Å². The summed E-state index contributed by atoms with van der Waals surface area (Å²) < 4.78 is 0. The lowest BCUT2D eigenvalue weighted by Crippen LogP contribution is -2.24. The molecule has 4 heteroatoms. The van der Waals surface area contributed by atoms with E-state index in [0.29, 0.717) is 6.42 Å². The lowest BCUT2D eigenvalue weighted by atomic mass is 9.99. The molecule has 0 bridgehead atoms. The van der Waals surface area contributed by atoms with Crippen molar-refractivity contribution < 1.29 is 9.90 Å². The molecule has 1 aromatic heterocycles. The molecule has 0 saturated heterocycles. The number of nitrogens with zero attached hydrogens (tertiary/aromatic N) is 1. The van der Waals surface area contributed by atoms with Crippen LogP contribution in [0.4, 0.5) is 0 Å². The number of nitrogens with one attached hydrogen (secondary N) is 1. The number of aliphatic carboxylic acids is 1. The van der Waals surface area contributed by atoms with E-state index in [1.807, 2.05) is 37.3 Å². The number of H-pyrrole nitrogens is 1. The van der Waals surface area contributed by atoms with Crippen LogP contribution in [0.2, 0.25) is 0 Å². The molecule has 15 heavy (non-hydrogen) atoms. The second kappa shape index (κ2) is 4.98. The lowest BCUT2D eigenvalue weighted by molar-refractivity contribution is -0.141. The fourth-order valence-corrected chi connectivity index (χ4v) is 1.60. The fourth-order valence-electron chi connectivity index (χ4n) is 1.60. The Morgan fingerprint density at radius 1 is 1.60 bits per heavy atom. The summed E-state index contributed by atoms with van der Waals surface area (Å²) in [6.07, 6.45) is 2.47. The number of carbonyl (C=O) groups is 1. The molecule has 0 aliphatic carbocycles. The van der Waals surface area contributed by atoms with Crippen LogP contribution in [-0.2, 0) is 4.79 Å². The molecule has 2 atom stereocenters. The van der Waals surface area contributed by atoms with Gasteiger partial charge in [0.05, 0.1) is 12.0 Å². The highest BCUT2D eigenvalue weighted by molar-refractivity contribution is 5.69. The van der Waals surface area contributed by atoms with Gasteiger partial charge in [-0.25, -0.2) is 0 Å². The van der Waals surface area contributed by atoms with Crippen molar-refractivity contribution in [3.8, 4) is 0 Å². The van der Waals surface area contributed by atoms with Gasteiger partial charge in [0.15, 0.2) is 0 Å². The second-order valence-corrected chi connectivity index (χ2v) is 4.08. The van der Waals surface area contributed by atoms with Crippen LogP contribution in [0.25, 0.3) is 0 Å². The van der Waals surface area contributed by atoms with Crippen molar-refractivity contribution in [2.75, 3.05) is 14.1 Å². The number of carboxylic acids is 1. The summed E-state index contributed by atoms with van der Waals surface area (Å²) in [4.78, 5) is 16.0. The normalized spacial score (nSPS) is 15.2. The third-order valence-corrected chi connectivity index (χ3v) is 2.60. The topological polar surface area (TPSA) is 56.3 Å². The van der Waals surface area contributed by atoms with E-state index in [1.54, 1.807) is 6.92 Å². The first-order valence-electron chi connectivity index (χ1n) is 5.05. The Morgan fingerprint density at radius 3 is 2.67 bits per heavy atom. The summed E-state index contributed by atoms with van der Waals surface area (Å²) in [5, 5.41) is 8.88. The Hall–Kier alpha value is -1.29. The first-order chi connectivity index (χ1) is 7.02. The zero-order valence-electron chi connectivity index (χ0n) is 9.40. The smallest absolute Gasteiger partial charge is 0.306 e. The molecule has 1 rings (SSSR count). The van der Waals surface area contributed by atoms with Crippen LogP contribution in [0.3, 0.4) is 0 Å². The number of carboxylic acid groups (broad SMARTS) is 1. The van der Waals surface area contributed by atoms with Gasteiger partial charge in [0.1, 0.15) is 0 Å². The minimum Gasteiger partial charge on any atom is -0.481 e. The Morgan fingerprint density at radius 2 is 2.27 bits per heavy atom. The number of rotatable bonds is 5. The molecule has 0 saturated carbocycles. The van der Waals surface area contributed by atoms with Crippen molar-refractivity contribution in [2.45, 2.75) is 19.4 Å². The predicted molar refractivity (Wildman–Crippen MR) is 58.6 cm³/mol. The van der Waals surface area contributed by atoms with Crippen molar-refractivity contribution in [3.05, 3.63) is 24.0 Å². The molecule has 1 heterocycles. The summed E-state index contributed by atoms with van der Waals surface area (Å²) in [7, 11) is 3.92. The highest BCUT2D eigenvalue weighted by Crippen LogP contribution is 2.24. The van der Waals surface area contributed by atoms with Gasteiger partial charge < -0.3 is 15.0 Å². The number of aromatic nitrogens is 1. The Kier molecular flexibility index (Phi) is 3.91. The molecule has 4 nitrogen and oxygen atoms in total. The molecule has 2 unspecified atom stereocenters. The monoisotopic (exact) mass is 210 g/mol. The van der Waals surface area contributed by atoms with Gasteiger partial charge in [-0.05, 0) is 32.6 Å². The molecular formula is C11H18N2O2. The maximum Gasteiger partial charge on any atom is 0.306 e. The molecule has 2 N–H and O–H groups in total. The van der Waals surface area contributed by atoms with Gasteiger partial charge in [0.25, 0.3) is 0 Å². The quantitative estimate of drug-likeness (QED) is 0.778. The van der Waals surface area contributed by atoms with Gasteiger partial charge in [-0.15, -0.1) is 0 Å². The molecule has 0 radical (unpaired) electrons. The minimum atomic E-state index is -0.742. The van der Waals surface area contributed by atoms with E-state index in [0.717, 1.165) is 5.69 Å². The third kappa shape index (κ3) is 3.09. The molecule has 0 aliphatic rings. The summed E-state index contributed by atoms with van der Waals surface area (Å²) >= 11 is 0. The first-order valence-corrected chi connectivity index (χ1v) is 5.05. The Labute approximate surface area is 89.9 Å². The largest absolute Gasteiger partial charge is 0.481 e. The zero-order valence-corrected chi connectivity index (χ0v) is 9.40. The second-order valence-electron chi connectivity index (χ2n) is 4.08. The van der Waals surface area contributed by atoms with Gasteiger partial charge in [0, 0.05) is 11.9 Å². The van der Waals surface area contributed by atoms with Crippen molar-refractivity contribution in [1.29, 1.82) is 0 Å². The molecule has 0 spiro atoms. The van der Waals surface area contributed by atoms with E-state index in [9.17, 15) is 4.79 Å². The van der Waals surface area contributed by atoms with E-state index in [2.05, 4.69) is 4.98 Å². The van der Waals surface area contributed by atoms with Crippen molar-refractivity contribution in [3.63, 3.8) is 0 Å². The summed E-state index contributed by atoms with van der Waals surface area (Å²) in [6.45, 7) is 1.74. The van der Waals surface area contributed by atoms with Crippen LogP contribution in [0, 0.1) is 5.92 Å². The summed E-state index contributed by atoms with van der Waals surface area (Å²) in [6, 6.07) is 4.04. The molecule has 0 aromatic carbocycles. The molecule has 0 amide bonds. The SMILES string of the molecule is CC(CC(c1ccc[nH]1)N(C)C)C(=O)O. The molecule has 84 valence electrons. The third-order valence-electron chi connectivity index (χ3n) is 2.60. The number of hydrogen-bond donors (Lipinski definition) is 2. The predicted octanol–water partition coefficient (Wildman–Crippen LogP) is 1.73. The van der Waals surface area contributed by atoms with E-state index in [1.165, 1.54) is 0 Å². The average Bonchev–Trinajstić information content (AvgIpc) is 2.65. The van der Waals surface area contributed by atoms with Crippen LogP contribution in [0.5, 0.6) is 0 Å². The fraction of sp³-hybridized carbons (Fsp3) is 0.545. The van der Waals surface area contributed by atoms with Crippen molar-refractivity contribution >= 4 is 5.97 Å². The molecular weight excluding hydrogens is 192 g/mol. The van der Waals surface area contributed by atoms with Crippen LogP contribution in [-0.4, -0.2) is 35.1 Å². The van der Waals surface area contributed by atoms with E-state index < -0.39 is 5.97 Å². The van der Waals surface area contributed by atoms with E-state index in [4.69, 9.17) is 5.11 Å². The van der Waals surface area contributed by atoms with Crippen molar-refractivity contribution in [1.82, 2.24) is 9.88 Å². The van der Waals surface area contributed by atoms with E-state index >= 15 is 0 Å². The Bertz CT molecular complexity index is 306. The van der Waals surface area contributed by atoms with Crippen LogP contribution in [0.15, 0.2) is 18.3 Å². The first kappa shape index (κ1) is 11.8. The molecule has 1 aromatic rings. The maximum atomic E-state index is 10.8. The Balaban J connectivity index is 2.72. The van der Waals surface area contributed by atoms with Crippen LogP contribution in [0.1, 0.15) is 25.1 Å². The van der Waals surface area contributed by atoms with Crippen molar-refractivity contribution in [2.24, 2.45) is 5.92 Å². The van der Waals surface area contributed by atoms with Gasteiger partial charge in [-0.3, -0.25) is 4.79 Å². The number of aromatic amines is 1. The standard InChI is InChI=1S/C11H18N2O2/c1-8(11(14)15)7-10(13(2)3)9-5-4-6-12-9/h4-6,8,10,12H,7H2,1-3H3,(H,14,15). The summed E-state index contributed by atoms with van der Waals surface area (Å²) in [5.74, 6) is -1.07. The highest BCUT2D eigenvalue weighted by Gasteiger charge is 2.21. The maximum absolute atomic E-state index is 10.8. The van der Waals surface area contributed by atoms with Crippen LogP contribution >= 0.6 is 0 Å². The average molecular weight is 210 g/mol. The van der Waals surface area contributed by atoms with Gasteiger partial charge in [0.2, 0.25) is 0 Å². The van der Waals surface area contributed by atoms with Gasteiger partial charge in [-0.1, -0.05) is 6.92 Å². The zero-order chi connectivity index (χ0) is 11.4. The minimum absolute atomic E-state index is 0.131. The molecule has 0 fully saturated rings. The summed E-state index contributed by atoms with van der Waals surface area (Å²) in [5.41, 5.74) is 1.06. The van der Waals surface area contributed by atoms with Gasteiger partial charge >= 0.3 is 5.97 Å². The van der Waals surface area contributed by atoms with Crippen LogP contribution < -0.4 is 0 Å². The lowest BCUT2D eigenvalue weighted by Gasteiger charge is -2.24. The highest BCUT2D eigenvalue weighted by atomic mass is 16.4.